The average Bonchev–Trinajstić information content (AvgIpc) is 3.03. The third-order valence-corrected chi connectivity index (χ3v) is 3.27. The van der Waals surface area contributed by atoms with Crippen LogP contribution in [0.3, 0.4) is 0 Å². The van der Waals surface area contributed by atoms with Gasteiger partial charge >= 0.3 is 5.69 Å². The van der Waals surface area contributed by atoms with Gasteiger partial charge in [-0.2, -0.15) is 5.10 Å². The number of nitrogens with zero attached hydrogens (tertiary/aromatic N) is 3. The van der Waals surface area contributed by atoms with E-state index in [9.17, 15) is 10.1 Å². The summed E-state index contributed by atoms with van der Waals surface area (Å²) in [4.78, 5) is 14.8. The Balaban J connectivity index is 1.73. The van der Waals surface area contributed by atoms with E-state index in [1.807, 2.05) is 31.2 Å². The number of aromatic amines is 1. The number of ether oxygens (including phenoxy) is 1. The van der Waals surface area contributed by atoms with Gasteiger partial charge in [0.25, 0.3) is 0 Å². The molecule has 1 aromatic heterocycles. The number of nitro groups is 1. The molecule has 0 radical (unpaired) electrons. The SMILES string of the molecule is Cc1ccc(-c2n[nH]c(COc3ccccc3[N+](=O)[O-])n2)cc1. The molecule has 3 aromatic rings. The van der Waals surface area contributed by atoms with E-state index in [4.69, 9.17) is 4.74 Å². The molecule has 0 amide bonds. The fourth-order valence-corrected chi connectivity index (χ4v) is 2.07. The van der Waals surface area contributed by atoms with Gasteiger partial charge in [0.1, 0.15) is 6.61 Å². The fraction of sp³-hybridized carbons (Fsp3) is 0.125. The zero-order valence-corrected chi connectivity index (χ0v) is 12.4. The first kappa shape index (κ1) is 14.7. The molecule has 3 rings (SSSR count). The van der Waals surface area contributed by atoms with Gasteiger partial charge in [-0.15, -0.1) is 0 Å². The second-order valence-electron chi connectivity index (χ2n) is 4.99. The van der Waals surface area contributed by atoms with Crippen molar-refractivity contribution in [2.45, 2.75) is 13.5 Å². The molecular formula is C16H14N4O3. The van der Waals surface area contributed by atoms with Crippen molar-refractivity contribution in [1.82, 2.24) is 15.2 Å². The van der Waals surface area contributed by atoms with E-state index >= 15 is 0 Å². The van der Waals surface area contributed by atoms with Gasteiger partial charge in [-0.3, -0.25) is 15.2 Å². The highest BCUT2D eigenvalue weighted by molar-refractivity contribution is 5.54. The lowest BCUT2D eigenvalue weighted by atomic mass is 10.1. The molecule has 0 fully saturated rings. The normalized spacial score (nSPS) is 10.5. The van der Waals surface area contributed by atoms with Gasteiger partial charge in [-0.05, 0) is 13.0 Å². The maximum absolute atomic E-state index is 10.9. The van der Waals surface area contributed by atoms with Gasteiger partial charge < -0.3 is 4.74 Å². The van der Waals surface area contributed by atoms with Crippen LogP contribution in [0, 0.1) is 17.0 Å². The van der Waals surface area contributed by atoms with Gasteiger partial charge in [-0.1, -0.05) is 42.0 Å². The Morgan fingerprint density at radius 2 is 1.91 bits per heavy atom. The Kier molecular flexibility index (Phi) is 4.01. The molecule has 0 unspecified atom stereocenters. The van der Waals surface area contributed by atoms with Crippen LogP contribution in [0.2, 0.25) is 0 Å². The van der Waals surface area contributed by atoms with Gasteiger partial charge in [0.15, 0.2) is 17.4 Å². The number of para-hydroxylation sites is 2. The Hall–Kier alpha value is -3.22. The number of hydrogen-bond donors (Lipinski definition) is 1. The third-order valence-electron chi connectivity index (χ3n) is 3.27. The fourth-order valence-electron chi connectivity index (χ4n) is 2.07. The molecule has 23 heavy (non-hydrogen) atoms. The number of rotatable bonds is 5. The van der Waals surface area contributed by atoms with Crippen LogP contribution >= 0.6 is 0 Å². The first-order valence-corrected chi connectivity index (χ1v) is 6.98. The van der Waals surface area contributed by atoms with E-state index in [1.165, 1.54) is 6.07 Å². The third kappa shape index (κ3) is 3.34. The van der Waals surface area contributed by atoms with Crippen LogP contribution in [-0.2, 0) is 6.61 Å². The molecule has 116 valence electrons. The van der Waals surface area contributed by atoms with Crippen LogP contribution in [0.25, 0.3) is 11.4 Å². The number of aromatic nitrogens is 3. The Bertz CT molecular complexity index is 827. The molecule has 7 nitrogen and oxygen atoms in total. The maximum atomic E-state index is 10.9. The van der Waals surface area contributed by atoms with Gasteiger partial charge in [-0.25, -0.2) is 4.98 Å². The van der Waals surface area contributed by atoms with E-state index in [1.54, 1.807) is 18.2 Å². The van der Waals surface area contributed by atoms with E-state index in [0.29, 0.717) is 11.6 Å². The summed E-state index contributed by atoms with van der Waals surface area (Å²) < 4.78 is 5.48. The molecule has 0 atom stereocenters. The highest BCUT2D eigenvalue weighted by Gasteiger charge is 2.14. The van der Waals surface area contributed by atoms with Crippen molar-refractivity contribution in [1.29, 1.82) is 0 Å². The largest absolute Gasteiger partial charge is 0.479 e. The predicted molar refractivity (Wildman–Crippen MR) is 84.0 cm³/mol. The predicted octanol–water partition coefficient (Wildman–Crippen LogP) is 3.27. The van der Waals surface area contributed by atoms with Crippen LogP contribution in [-0.4, -0.2) is 20.1 Å². The molecule has 0 saturated carbocycles. The lowest BCUT2D eigenvalue weighted by Gasteiger charge is -2.03. The second kappa shape index (κ2) is 6.27. The van der Waals surface area contributed by atoms with Crippen LogP contribution in [0.4, 0.5) is 5.69 Å². The van der Waals surface area contributed by atoms with Crippen LogP contribution in [0.5, 0.6) is 5.75 Å². The lowest BCUT2D eigenvalue weighted by Crippen LogP contribution is -2.00. The molecule has 1 heterocycles. The molecule has 0 spiro atoms. The van der Waals surface area contributed by atoms with Crippen LogP contribution < -0.4 is 4.74 Å². The van der Waals surface area contributed by atoms with E-state index in [2.05, 4.69) is 15.2 Å². The zero-order chi connectivity index (χ0) is 16.2. The first-order valence-electron chi connectivity index (χ1n) is 6.98. The number of nitro benzene ring substituents is 1. The monoisotopic (exact) mass is 310 g/mol. The molecular weight excluding hydrogens is 296 g/mol. The zero-order valence-electron chi connectivity index (χ0n) is 12.4. The number of nitrogens with one attached hydrogen (secondary N) is 1. The summed E-state index contributed by atoms with van der Waals surface area (Å²) in [6.45, 7) is 2.08. The number of hydrogen-bond acceptors (Lipinski definition) is 5. The minimum atomic E-state index is -0.479. The van der Waals surface area contributed by atoms with Crippen LogP contribution in [0.15, 0.2) is 48.5 Å². The van der Waals surface area contributed by atoms with E-state index in [-0.39, 0.29) is 18.0 Å². The Labute approximate surface area is 132 Å². The molecule has 2 aromatic carbocycles. The Morgan fingerprint density at radius 1 is 1.17 bits per heavy atom. The summed E-state index contributed by atoms with van der Waals surface area (Å²) in [5.41, 5.74) is 1.97. The highest BCUT2D eigenvalue weighted by Crippen LogP contribution is 2.26. The smallest absolute Gasteiger partial charge is 0.310 e. The molecule has 7 heteroatoms. The summed E-state index contributed by atoms with van der Waals surface area (Å²) in [6.07, 6.45) is 0. The lowest BCUT2D eigenvalue weighted by molar-refractivity contribution is -0.385. The van der Waals surface area contributed by atoms with Crippen molar-refractivity contribution < 1.29 is 9.66 Å². The van der Waals surface area contributed by atoms with Crippen molar-refractivity contribution in [3.8, 4) is 17.1 Å². The number of benzene rings is 2. The standard InChI is InChI=1S/C16H14N4O3/c1-11-6-8-12(9-7-11)16-17-15(18-19-16)10-23-14-5-3-2-4-13(14)20(21)22/h2-9H,10H2,1H3,(H,17,18,19). The summed E-state index contributed by atoms with van der Waals surface area (Å²) in [6, 6.07) is 14.1. The number of aryl methyl sites for hydroxylation is 1. The first-order chi connectivity index (χ1) is 11.1. The quantitative estimate of drug-likeness (QED) is 0.576. The Morgan fingerprint density at radius 3 is 2.65 bits per heavy atom. The highest BCUT2D eigenvalue weighted by atomic mass is 16.6. The maximum Gasteiger partial charge on any atom is 0.310 e. The van der Waals surface area contributed by atoms with Gasteiger partial charge in [0.05, 0.1) is 4.92 Å². The number of H-pyrrole nitrogens is 1. The van der Waals surface area contributed by atoms with Crippen molar-refractivity contribution in [3.05, 3.63) is 70.0 Å². The summed E-state index contributed by atoms with van der Waals surface area (Å²) in [5.74, 6) is 1.26. The molecule has 0 aliphatic carbocycles. The van der Waals surface area contributed by atoms with E-state index < -0.39 is 4.92 Å². The molecule has 0 bridgehead atoms. The van der Waals surface area contributed by atoms with Crippen molar-refractivity contribution in [3.63, 3.8) is 0 Å². The van der Waals surface area contributed by atoms with Gasteiger partial charge in [0.2, 0.25) is 0 Å². The van der Waals surface area contributed by atoms with Crippen molar-refractivity contribution >= 4 is 5.69 Å². The molecule has 0 saturated heterocycles. The summed E-state index contributed by atoms with van der Waals surface area (Å²) in [7, 11) is 0. The molecule has 1 N–H and O–H groups in total. The van der Waals surface area contributed by atoms with Crippen LogP contribution in [0.1, 0.15) is 11.4 Å². The van der Waals surface area contributed by atoms with Crippen molar-refractivity contribution in [2.75, 3.05) is 0 Å². The molecule has 0 aliphatic rings. The van der Waals surface area contributed by atoms with Gasteiger partial charge in [0, 0.05) is 11.6 Å². The second-order valence-corrected chi connectivity index (χ2v) is 4.99. The van der Waals surface area contributed by atoms with E-state index in [0.717, 1.165) is 11.1 Å². The summed E-state index contributed by atoms with van der Waals surface area (Å²) >= 11 is 0. The summed E-state index contributed by atoms with van der Waals surface area (Å²) in [5, 5.41) is 17.9. The molecule has 0 aliphatic heterocycles. The van der Waals surface area contributed by atoms with Crippen molar-refractivity contribution in [2.24, 2.45) is 0 Å². The topological polar surface area (TPSA) is 93.9 Å². The minimum Gasteiger partial charge on any atom is -0.479 e. The minimum absolute atomic E-state index is 0.0731. The average molecular weight is 310 g/mol.